The van der Waals surface area contributed by atoms with Gasteiger partial charge in [-0.2, -0.15) is 5.01 Å². The summed E-state index contributed by atoms with van der Waals surface area (Å²) in [7, 11) is 0. The Morgan fingerprint density at radius 1 is 1.14 bits per heavy atom. The number of benzene rings is 1. The number of hydrogen-bond donors (Lipinski definition) is 3. The number of hydrogen-bond acceptors (Lipinski definition) is 3. The number of rotatable bonds is 4. The van der Waals surface area contributed by atoms with Crippen molar-refractivity contribution >= 4 is 23.4 Å². The molecule has 7 heteroatoms. The Balaban J connectivity index is 1.32. The average molecular weight is 383 g/mol. The summed E-state index contributed by atoms with van der Waals surface area (Å²) >= 11 is 0. The van der Waals surface area contributed by atoms with Gasteiger partial charge in [0.25, 0.3) is 11.8 Å². The van der Waals surface area contributed by atoms with E-state index < -0.39 is 11.6 Å². The summed E-state index contributed by atoms with van der Waals surface area (Å²) in [5.41, 5.74) is 4.25. The van der Waals surface area contributed by atoms with Crippen LogP contribution in [0.5, 0.6) is 0 Å². The third-order valence-corrected chi connectivity index (χ3v) is 6.05. The van der Waals surface area contributed by atoms with Crippen LogP contribution in [0.15, 0.2) is 36.4 Å². The number of carbonyl (C=O) groups excluding carboxylic acids is 3. The molecule has 0 radical (unpaired) electrons. The lowest BCUT2D eigenvalue weighted by Crippen LogP contribution is -3.13. The van der Waals surface area contributed by atoms with Crippen molar-refractivity contribution in [3.8, 4) is 0 Å². The minimum atomic E-state index is -0.812. The Morgan fingerprint density at radius 2 is 1.89 bits per heavy atom. The summed E-state index contributed by atoms with van der Waals surface area (Å²) in [4.78, 5) is 38.6. The fourth-order valence-corrected chi connectivity index (χ4v) is 4.47. The Kier molecular flexibility index (Phi) is 5.17. The van der Waals surface area contributed by atoms with Crippen LogP contribution >= 0.6 is 0 Å². The number of nitrogens with one attached hydrogen (secondary N) is 3. The van der Waals surface area contributed by atoms with E-state index >= 15 is 0 Å². The second-order valence-electron chi connectivity index (χ2n) is 7.97. The standard InChI is InChI=1S/C21H26N4O3/c26-18(15-24-13-9-17(10-14-24)16-7-3-1-4-8-16)23-25-19(27)21(22-20(25)28)11-5-2-6-12-21/h1,3-4,7-9H,2,5-6,10-15H2,(H,22,28)(H,23,26)/p+1. The number of amides is 4. The van der Waals surface area contributed by atoms with Crippen molar-refractivity contribution < 1.29 is 19.3 Å². The van der Waals surface area contributed by atoms with Crippen LogP contribution < -0.4 is 15.6 Å². The van der Waals surface area contributed by atoms with Crippen molar-refractivity contribution in [3.05, 3.63) is 42.0 Å². The normalized spacial score (nSPS) is 24.1. The zero-order valence-corrected chi connectivity index (χ0v) is 16.0. The predicted molar refractivity (Wildman–Crippen MR) is 104 cm³/mol. The molecular formula is C21H27N4O3+. The van der Waals surface area contributed by atoms with E-state index in [-0.39, 0.29) is 18.4 Å². The molecule has 2 fully saturated rings. The van der Waals surface area contributed by atoms with Crippen molar-refractivity contribution in [2.45, 2.75) is 44.1 Å². The molecule has 3 N–H and O–H groups in total. The van der Waals surface area contributed by atoms with Crippen LogP contribution in [0.25, 0.3) is 5.57 Å². The smallest absolute Gasteiger partial charge is 0.324 e. The van der Waals surface area contributed by atoms with Crippen LogP contribution in [0.4, 0.5) is 4.79 Å². The second-order valence-corrected chi connectivity index (χ2v) is 7.97. The molecule has 7 nitrogen and oxygen atoms in total. The van der Waals surface area contributed by atoms with Crippen molar-refractivity contribution in [2.75, 3.05) is 19.6 Å². The molecule has 1 unspecified atom stereocenters. The van der Waals surface area contributed by atoms with Gasteiger partial charge < -0.3 is 10.2 Å². The first-order valence-corrected chi connectivity index (χ1v) is 10.1. The van der Waals surface area contributed by atoms with Gasteiger partial charge in [-0.25, -0.2) is 4.79 Å². The Bertz CT molecular complexity index is 799. The maximum atomic E-state index is 12.7. The van der Waals surface area contributed by atoms with Crippen molar-refractivity contribution in [3.63, 3.8) is 0 Å². The molecule has 1 aromatic rings. The van der Waals surface area contributed by atoms with E-state index in [1.54, 1.807) is 0 Å². The highest BCUT2D eigenvalue weighted by atomic mass is 16.2. The zero-order valence-electron chi connectivity index (χ0n) is 16.0. The molecule has 1 saturated carbocycles. The van der Waals surface area contributed by atoms with Crippen LogP contribution in [0.1, 0.15) is 44.1 Å². The Labute approximate surface area is 164 Å². The van der Waals surface area contributed by atoms with Gasteiger partial charge in [0, 0.05) is 6.42 Å². The molecule has 1 spiro atoms. The highest BCUT2D eigenvalue weighted by molar-refractivity contribution is 6.08. The molecule has 2 heterocycles. The molecule has 4 rings (SSSR count). The molecule has 4 amide bonds. The van der Waals surface area contributed by atoms with Gasteiger partial charge in [-0.05, 0) is 30.1 Å². The topological polar surface area (TPSA) is 82.9 Å². The number of quaternary nitrogens is 1. The molecule has 0 aromatic heterocycles. The summed E-state index contributed by atoms with van der Waals surface area (Å²) in [5, 5.41) is 3.70. The lowest BCUT2D eigenvalue weighted by molar-refractivity contribution is -0.886. The van der Waals surface area contributed by atoms with E-state index in [1.165, 1.54) is 11.1 Å². The van der Waals surface area contributed by atoms with Gasteiger partial charge in [0.05, 0.1) is 13.1 Å². The number of urea groups is 1. The van der Waals surface area contributed by atoms with Gasteiger partial charge in [0.15, 0.2) is 6.54 Å². The fourth-order valence-electron chi connectivity index (χ4n) is 4.47. The molecule has 1 saturated heterocycles. The first-order chi connectivity index (χ1) is 13.6. The van der Waals surface area contributed by atoms with Crippen molar-refractivity contribution in [1.82, 2.24) is 15.8 Å². The molecule has 148 valence electrons. The van der Waals surface area contributed by atoms with E-state index in [0.717, 1.165) is 48.7 Å². The molecular weight excluding hydrogens is 356 g/mol. The predicted octanol–water partition coefficient (Wildman–Crippen LogP) is 0.645. The van der Waals surface area contributed by atoms with Gasteiger partial charge in [-0.1, -0.05) is 49.6 Å². The van der Waals surface area contributed by atoms with E-state index in [0.29, 0.717) is 12.8 Å². The van der Waals surface area contributed by atoms with Crippen LogP contribution in [0, 0.1) is 0 Å². The van der Waals surface area contributed by atoms with Crippen LogP contribution in [-0.2, 0) is 9.59 Å². The summed E-state index contributed by atoms with van der Waals surface area (Å²) in [5.74, 6) is -0.617. The number of nitrogens with zero attached hydrogens (tertiary/aromatic N) is 1. The highest BCUT2D eigenvalue weighted by Crippen LogP contribution is 2.32. The Morgan fingerprint density at radius 3 is 2.57 bits per heavy atom. The van der Waals surface area contributed by atoms with Gasteiger partial charge in [-0.15, -0.1) is 0 Å². The third kappa shape index (κ3) is 3.67. The SMILES string of the molecule is O=C(C[NH+]1CC=C(c2ccccc2)CC1)NN1C(=O)NC2(CCCCC2)C1=O. The van der Waals surface area contributed by atoms with Crippen molar-refractivity contribution in [1.29, 1.82) is 0 Å². The maximum absolute atomic E-state index is 12.7. The van der Waals surface area contributed by atoms with E-state index in [1.807, 2.05) is 18.2 Å². The number of hydrazine groups is 1. The summed E-state index contributed by atoms with van der Waals surface area (Å²) in [6.07, 6.45) is 7.28. The second kappa shape index (κ2) is 7.75. The fraction of sp³-hybridized carbons (Fsp3) is 0.476. The first kappa shape index (κ1) is 18.7. The molecule has 0 bridgehead atoms. The highest BCUT2D eigenvalue weighted by Gasteiger charge is 2.52. The van der Waals surface area contributed by atoms with Gasteiger partial charge >= 0.3 is 6.03 Å². The summed E-state index contributed by atoms with van der Waals surface area (Å²) in [6.45, 7) is 1.84. The molecule has 2 aliphatic heterocycles. The molecule has 28 heavy (non-hydrogen) atoms. The van der Waals surface area contributed by atoms with Crippen LogP contribution in [0.3, 0.4) is 0 Å². The summed E-state index contributed by atoms with van der Waals surface area (Å²) < 4.78 is 0. The Hall–Kier alpha value is -2.67. The molecule has 1 atom stereocenters. The third-order valence-electron chi connectivity index (χ3n) is 6.05. The van der Waals surface area contributed by atoms with Gasteiger partial charge in [0.1, 0.15) is 5.54 Å². The lowest BCUT2D eigenvalue weighted by Gasteiger charge is -2.30. The monoisotopic (exact) mass is 383 g/mol. The number of imide groups is 1. The lowest BCUT2D eigenvalue weighted by atomic mass is 9.82. The van der Waals surface area contributed by atoms with E-state index in [2.05, 4.69) is 29.0 Å². The van der Waals surface area contributed by atoms with E-state index in [9.17, 15) is 14.4 Å². The van der Waals surface area contributed by atoms with Crippen molar-refractivity contribution in [2.24, 2.45) is 0 Å². The first-order valence-electron chi connectivity index (χ1n) is 10.1. The molecule has 1 aromatic carbocycles. The van der Waals surface area contributed by atoms with Crippen LogP contribution in [0.2, 0.25) is 0 Å². The quantitative estimate of drug-likeness (QED) is 0.668. The minimum absolute atomic E-state index is 0.239. The largest absolute Gasteiger partial charge is 0.344 e. The van der Waals surface area contributed by atoms with Gasteiger partial charge in [-0.3, -0.25) is 15.0 Å². The maximum Gasteiger partial charge on any atom is 0.344 e. The zero-order chi connectivity index (χ0) is 19.6. The molecule has 1 aliphatic carbocycles. The van der Waals surface area contributed by atoms with Crippen LogP contribution in [-0.4, -0.2) is 48.0 Å². The number of carbonyl (C=O) groups is 3. The summed E-state index contributed by atoms with van der Waals surface area (Å²) in [6, 6.07) is 9.74. The van der Waals surface area contributed by atoms with E-state index in [4.69, 9.17) is 0 Å². The van der Waals surface area contributed by atoms with Gasteiger partial charge in [0.2, 0.25) is 0 Å². The molecule has 3 aliphatic rings. The minimum Gasteiger partial charge on any atom is -0.324 e. The average Bonchev–Trinajstić information content (AvgIpc) is 2.93.